The molecule has 1 saturated carbocycles. The molecule has 2 aliphatic carbocycles. The lowest BCUT2D eigenvalue weighted by molar-refractivity contribution is -0.131. The molecule has 0 bridgehead atoms. The van der Waals surface area contributed by atoms with Gasteiger partial charge in [-0.15, -0.1) is 10.2 Å². The number of carbonyl (C=O) groups excluding carboxylic acids is 1. The van der Waals surface area contributed by atoms with Gasteiger partial charge in [-0.1, -0.05) is 35.9 Å². The molecule has 6 heteroatoms. The molecule has 0 N–H and O–H groups in total. The third-order valence-corrected chi connectivity index (χ3v) is 4.80. The van der Waals surface area contributed by atoms with Crippen molar-refractivity contribution in [2.75, 3.05) is 0 Å². The maximum atomic E-state index is 12.8. The highest BCUT2D eigenvalue weighted by Gasteiger charge is 2.35. The molecule has 6 nitrogen and oxygen atoms in total. The van der Waals surface area contributed by atoms with Crippen LogP contribution < -0.4 is 0 Å². The smallest absolute Gasteiger partial charge is 0.250 e. The van der Waals surface area contributed by atoms with E-state index in [1.165, 1.54) is 28.9 Å². The van der Waals surface area contributed by atoms with E-state index >= 15 is 0 Å². The van der Waals surface area contributed by atoms with Crippen LogP contribution in [-0.2, 0) is 11.3 Å². The van der Waals surface area contributed by atoms with Crippen LogP contribution in [0.15, 0.2) is 36.0 Å². The Morgan fingerprint density at radius 1 is 1.24 bits per heavy atom. The van der Waals surface area contributed by atoms with Gasteiger partial charge in [-0.3, -0.25) is 4.79 Å². The molecule has 0 saturated heterocycles. The number of allylic oxidation sites excluding steroid dienone is 2. The summed E-state index contributed by atoms with van der Waals surface area (Å²) in [6.45, 7) is 2.19. The predicted molar refractivity (Wildman–Crippen MR) is 94.4 cm³/mol. The molecule has 0 atom stereocenters. The van der Waals surface area contributed by atoms with Crippen LogP contribution in [0.4, 0.5) is 0 Å². The van der Waals surface area contributed by atoms with Crippen LogP contribution in [0.3, 0.4) is 0 Å². The van der Waals surface area contributed by atoms with Gasteiger partial charge in [-0.05, 0) is 50.7 Å². The Labute approximate surface area is 147 Å². The lowest BCUT2D eigenvalue weighted by Crippen LogP contribution is -2.36. The Hall–Kier alpha value is -2.50. The summed E-state index contributed by atoms with van der Waals surface area (Å²) >= 11 is 0. The van der Waals surface area contributed by atoms with E-state index in [0.717, 1.165) is 31.2 Å². The van der Waals surface area contributed by atoms with E-state index in [1.54, 1.807) is 0 Å². The van der Waals surface area contributed by atoms with Crippen molar-refractivity contribution in [2.45, 2.75) is 58.0 Å². The van der Waals surface area contributed by atoms with Crippen LogP contribution in [0.2, 0.25) is 0 Å². The van der Waals surface area contributed by atoms with Crippen LogP contribution in [0, 0.1) is 6.92 Å². The van der Waals surface area contributed by atoms with E-state index in [9.17, 15) is 4.79 Å². The Balaban J connectivity index is 1.48. The Morgan fingerprint density at radius 2 is 2.04 bits per heavy atom. The molecule has 4 rings (SSSR count). The van der Waals surface area contributed by atoms with Crippen molar-refractivity contribution in [3.63, 3.8) is 0 Å². The summed E-state index contributed by atoms with van der Waals surface area (Å²) < 4.78 is 0. The van der Waals surface area contributed by atoms with Gasteiger partial charge in [0.2, 0.25) is 5.82 Å². The van der Waals surface area contributed by atoms with Gasteiger partial charge in [0.15, 0.2) is 0 Å². The molecule has 2 aromatic rings. The normalized spacial score (nSPS) is 17.2. The number of aromatic nitrogens is 4. The van der Waals surface area contributed by atoms with Crippen molar-refractivity contribution >= 4 is 5.91 Å². The molecule has 0 spiro atoms. The zero-order valence-electron chi connectivity index (χ0n) is 14.6. The lowest BCUT2D eigenvalue weighted by Gasteiger charge is -2.27. The number of benzene rings is 1. The fourth-order valence-electron chi connectivity index (χ4n) is 3.30. The molecule has 130 valence electrons. The average molecular weight is 337 g/mol. The fraction of sp³-hybridized carbons (Fsp3) is 0.474. The molecule has 25 heavy (non-hydrogen) atoms. The van der Waals surface area contributed by atoms with Crippen molar-refractivity contribution in [3.05, 3.63) is 41.6 Å². The minimum Gasteiger partial charge on any atom is -0.312 e. The van der Waals surface area contributed by atoms with E-state index in [-0.39, 0.29) is 12.5 Å². The summed E-state index contributed by atoms with van der Waals surface area (Å²) in [5.41, 5.74) is 3.29. The second kappa shape index (κ2) is 6.78. The minimum absolute atomic E-state index is 0.0727. The number of aryl methyl sites for hydroxylation is 1. The highest BCUT2D eigenvalue weighted by atomic mass is 16.2. The predicted octanol–water partition coefficient (Wildman–Crippen LogP) is 3.10. The van der Waals surface area contributed by atoms with Crippen LogP contribution in [-0.4, -0.2) is 37.1 Å². The first-order valence-electron chi connectivity index (χ1n) is 9.06. The molecule has 0 radical (unpaired) electrons. The molecule has 1 heterocycles. The number of tetrazole rings is 1. The number of amides is 1. The van der Waals surface area contributed by atoms with Gasteiger partial charge in [0.05, 0.1) is 0 Å². The zero-order chi connectivity index (χ0) is 17.2. The quantitative estimate of drug-likeness (QED) is 0.841. The van der Waals surface area contributed by atoms with Gasteiger partial charge >= 0.3 is 0 Å². The second-order valence-corrected chi connectivity index (χ2v) is 6.95. The summed E-state index contributed by atoms with van der Waals surface area (Å²) in [6.07, 6.45) is 8.89. The van der Waals surface area contributed by atoms with E-state index in [0.29, 0.717) is 11.9 Å². The molecule has 1 aromatic carbocycles. The Morgan fingerprint density at radius 3 is 2.72 bits per heavy atom. The van der Waals surface area contributed by atoms with Crippen molar-refractivity contribution < 1.29 is 4.79 Å². The fourth-order valence-corrected chi connectivity index (χ4v) is 3.30. The molecule has 1 fully saturated rings. The summed E-state index contributed by atoms with van der Waals surface area (Å²) in [6, 6.07) is 8.36. The highest BCUT2D eigenvalue weighted by Crippen LogP contribution is 2.33. The van der Waals surface area contributed by atoms with Crippen LogP contribution >= 0.6 is 0 Å². The van der Waals surface area contributed by atoms with Gasteiger partial charge in [0.25, 0.3) is 5.91 Å². The maximum absolute atomic E-state index is 12.8. The van der Waals surface area contributed by atoms with Crippen LogP contribution in [0.25, 0.3) is 11.4 Å². The van der Waals surface area contributed by atoms with Gasteiger partial charge in [0.1, 0.15) is 6.54 Å². The van der Waals surface area contributed by atoms with Crippen molar-refractivity contribution in [2.24, 2.45) is 0 Å². The van der Waals surface area contributed by atoms with Crippen molar-refractivity contribution in [1.29, 1.82) is 0 Å². The molecule has 1 amide bonds. The number of nitrogens with zero attached hydrogens (tertiary/aromatic N) is 5. The SMILES string of the molecule is Cc1ccc(-c2nnn(CC(=O)N(C3=CCCCC3)C3CC3)n2)cc1. The van der Waals surface area contributed by atoms with Crippen LogP contribution in [0.5, 0.6) is 0 Å². The number of hydrogen-bond donors (Lipinski definition) is 0. The molecule has 2 aliphatic rings. The number of rotatable bonds is 5. The van der Waals surface area contributed by atoms with E-state index in [1.807, 2.05) is 36.1 Å². The van der Waals surface area contributed by atoms with Crippen LogP contribution in [0.1, 0.15) is 44.1 Å². The van der Waals surface area contributed by atoms with E-state index in [4.69, 9.17) is 0 Å². The highest BCUT2D eigenvalue weighted by molar-refractivity contribution is 5.78. The standard InChI is InChI=1S/C19H23N5O/c1-14-7-9-15(10-8-14)19-20-22-23(21-19)13-18(25)24(17-11-12-17)16-5-3-2-4-6-16/h5,7-10,17H,2-4,6,11-13H2,1H3. The third-order valence-electron chi connectivity index (χ3n) is 4.80. The Bertz CT molecular complexity index is 788. The van der Waals surface area contributed by atoms with Gasteiger partial charge < -0.3 is 4.90 Å². The number of carbonyl (C=O) groups is 1. The first kappa shape index (κ1) is 16.0. The average Bonchev–Trinajstić information content (AvgIpc) is 3.34. The van der Waals surface area contributed by atoms with Gasteiger partial charge in [0, 0.05) is 17.3 Å². The number of hydrogen-bond acceptors (Lipinski definition) is 4. The summed E-state index contributed by atoms with van der Waals surface area (Å²) in [4.78, 5) is 16.2. The Kier molecular flexibility index (Phi) is 4.34. The lowest BCUT2D eigenvalue weighted by atomic mass is 10.0. The summed E-state index contributed by atoms with van der Waals surface area (Å²) in [7, 11) is 0. The monoisotopic (exact) mass is 337 g/mol. The third kappa shape index (κ3) is 3.62. The van der Waals surface area contributed by atoms with E-state index in [2.05, 4.69) is 21.5 Å². The summed E-state index contributed by atoms with van der Waals surface area (Å²) in [5, 5.41) is 12.6. The topological polar surface area (TPSA) is 63.9 Å². The van der Waals surface area contributed by atoms with Gasteiger partial charge in [-0.25, -0.2) is 0 Å². The maximum Gasteiger partial charge on any atom is 0.250 e. The molecule has 0 unspecified atom stereocenters. The minimum atomic E-state index is 0.0727. The van der Waals surface area contributed by atoms with E-state index < -0.39 is 0 Å². The molecule has 1 aromatic heterocycles. The first-order valence-corrected chi connectivity index (χ1v) is 9.06. The first-order chi connectivity index (χ1) is 12.2. The largest absolute Gasteiger partial charge is 0.312 e. The molecule has 0 aliphatic heterocycles. The zero-order valence-corrected chi connectivity index (χ0v) is 14.6. The van der Waals surface area contributed by atoms with Crippen molar-refractivity contribution in [3.8, 4) is 11.4 Å². The molecular weight excluding hydrogens is 314 g/mol. The van der Waals surface area contributed by atoms with Crippen molar-refractivity contribution in [1.82, 2.24) is 25.1 Å². The second-order valence-electron chi connectivity index (χ2n) is 6.95. The van der Waals surface area contributed by atoms with Gasteiger partial charge in [-0.2, -0.15) is 4.80 Å². The molecular formula is C19H23N5O. The summed E-state index contributed by atoms with van der Waals surface area (Å²) in [5.74, 6) is 0.631.